The van der Waals surface area contributed by atoms with Crippen LogP contribution in [0.2, 0.25) is 5.02 Å². The quantitative estimate of drug-likeness (QED) is 0.239. The Morgan fingerprint density at radius 1 is 1.06 bits per heavy atom. The van der Waals surface area contributed by atoms with E-state index in [4.69, 9.17) is 16.0 Å². The number of carbonyl (C=O) groups is 1. The fourth-order valence-electron chi connectivity index (χ4n) is 3.01. The number of amides is 1. The molecule has 2 aromatic carbocycles. The summed E-state index contributed by atoms with van der Waals surface area (Å²) < 4.78 is 5.43. The first kappa shape index (κ1) is 21.9. The van der Waals surface area contributed by atoms with Gasteiger partial charge in [-0.15, -0.1) is 5.10 Å². The minimum absolute atomic E-state index is 0.146. The molecule has 0 saturated carbocycles. The average Bonchev–Trinajstić information content (AvgIpc) is 3.40. The highest BCUT2D eigenvalue weighted by Gasteiger charge is 2.34. The van der Waals surface area contributed by atoms with E-state index in [0.717, 1.165) is 16.7 Å². The summed E-state index contributed by atoms with van der Waals surface area (Å²) in [5.41, 5.74) is 2.92. The second kappa shape index (κ2) is 10.3. The maximum atomic E-state index is 13.1. The van der Waals surface area contributed by atoms with Gasteiger partial charge in [0.1, 0.15) is 5.76 Å². The second-order valence-corrected chi connectivity index (χ2v) is 8.50. The average molecular weight is 462 g/mol. The van der Waals surface area contributed by atoms with Crippen LogP contribution in [0.3, 0.4) is 0 Å². The van der Waals surface area contributed by atoms with E-state index in [1.165, 1.54) is 11.8 Å². The Bertz CT molecular complexity index is 1200. The van der Waals surface area contributed by atoms with E-state index in [2.05, 4.69) is 10.2 Å². The van der Waals surface area contributed by atoms with Gasteiger partial charge >= 0.3 is 0 Å². The third-order valence-corrected chi connectivity index (χ3v) is 5.80. The van der Waals surface area contributed by atoms with Gasteiger partial charge in [-0.25, -0.2) is 0 Å². The number of benzene rings is 2. The summed E-state index contributed by atoms with van der Waals surface area (Å²) >= 11 is 7.25. The number of thioether (sulfide) groups is 1. The number of halogens is 1. The van der Waals surface area contributed by atoms with Crippen LogP contribution in [0.25, 0.3) is 12.2 Å². The molecule has 1 aromatic heterocycles. The molecule has 0 N–H and O–H groups in total. The van der Waals surface area contributed by atoms with Gasteiger partial charge in [0.2, 0.25) is 0 Å². The van der Waals surface area contributed by atoms with Crippen LogP contribution in [0.4, 0.5) is 0 Å². The van der Waals surface area contributed by atoms with Crippen molar-refractivity contribution >= 4 is 52.8 Å². The van der Waals surface area contributed by atoms with Gasteiger partial charge in [0.05, 0.1) is 23.9 Å². The van der Waals surface area contributed by atoms with Crippen LogP contribution >= 0.6 is 23.4 Å². The van der Waals surface area contributed by atoms with Gasteiger partial charge in [0, 0.05) is 5.02 Å². The zero-order valence-electron chi connectivity index (χ0n) is 17.3. The molecule has 3 aromatic rings. The first-order valence-corrected chi connectivity index (χ1v) is 11.1. The van der Waals surface area contributed by atoms with Crippen LogP contribution in [0.1, 0.15) is 23.8 Å². The van der Waals surface area contributed by atoms with E-state index in [9.17, 15) is 4.79 Å². The predicted molar refractivity (Wildman–Crippen MR) is 132 cm³/mol. The topological polar surface area (TPSA) is 58.2 Å². The van der Waals surface area contributed by atoms with E-state index in [0.29, 0.717) is 20.9 Å². The number of carbonyl (C=O) groups excluding carboxylic acids is 1. The molecule has 0 spiro atoms. The highest BCUT2D eigenvalue weighted by molar-refractivity contribution is 8.18. The third-order valence-electron chi connectivity index (χ3n) is 4.55. The Kier molecular flexibility index (Phi) is 7.04. The molecule has 1 aliphatic heterocycles. The minimum Gasteiger partial charge on any atom is -0.467 e. The lowest BCUT2D eigenvalue weighted by molar-refractivity contribution is -0.122. The van der Waals surface area contributed by atoms with E-state index in [1.54, 1.807) is 35.6 Å². The third kappa shape index (κ3) is 5.66. The lowest BCUT2D eigenvalue weighted by atomic mass is 10.1. The molecule has 5 nitrogen and oxygen atoms in total. The molecular formula is C25H20ClN3O2S. The number of amidine groups is 1. The Labute approximate surface area is 195 Å². The molecule has 32 heavy (non-hydrogen) atoms. The van der Waals surface area contributed by atoms with Crippen molar-refractivity contribution in [3.63, 3.8) is 0 Å². The predicted octanol–water partition coefficient (Wildman–Crippen LogP) is 6.49. The maximum absolute atomic E-state index is 13.1. The van der Waals surface area contributed by atoms with Crippen molar-refractivity contribution in [2.45, 2.75) is 13.5 Å². The Balaban J connectivity index is 1.58. The minimum atomic E-state index is -0.146. The second-order valence-electron chi connectivity index (χ2n) is 7.06. The zero-order chi connectivity index (χ0) is 22.3. The molecule has 1 amide bonds. The number of furan rings is 1. The van der Waals surface area contributed by atoms with E-state index < -0.39 is 0 Å². The van der Waals surface area contributed by atoms with E-state index in [-0.39, 0.29) is 12.5 Å². The van der Waals surface area contributed by atoms with Crippen LogP contribution in [-0.2, 0) is 11.3 Å². The standard InChI is InChI=1S/C25H20ClN3O2S/c1-18(14-19-6-3-2-4-7-19)16-27-28-25-29(17-22-8-5-13-31-22)24(30)23(32-25)15-20-9-11-21(26)12-10-20/h2-16H,17H2,1H3/b18-14+,23-15-,27-16+,28-25+. The SMILES string of the molecule is CC(/C=N/N=C1/S/C(=C\c2ccc(Cl)cc2)C(=O)N1Cc1ccco1)=C\c1ccccc1. The molecule has 0 radical (unpaired) electrons. The smallest absolute Gasteiger partial charge is 0.267 e. The molecule has 7 heteroatoms. The first-order valence-electron chi connectivity index (χ1n) is 9.92. The Morgan fingerprint density at radius 2 is 1.84 bits per heavy atom. The van der Waals surface area contributed by atoms with Crippen LogP contribution in [0.5, 0.6) is 0 Å². The van der Waals surface area contributed by atoms with Gasteiger partial charge in [0.25, 0.3) is 5.91 Å². The fraction of sp³-hybridized carbons (Fsp3) is 0.0800. The monoisotopic (exact) mass is 461 g/mol. The molecule has 0 atom stereocenters. The molecule has 1 saturated heterocycles. The molecule has 1 fully saturated rings. The molecule has 2 heterocycles. The van der Waals surface area contributed by atoms with E-state index in [1.807, 2.05) is 67.6 Å². The number of nitrogens with zero attached hydrogens (tertiary/aromatic N) is 3. The summed E-state index contributed by atoms with van der Waals surface area (Å²) in [4.78, 5) is 15.2. The summed E-state index contributed by atoms with van der Waals surface area (Å²) in [5, 5.41) is 9.70. The van der Waals surface area contributed by atoms with Gasteiger partial charge in [-0.1, -0.05) is 60.1 Å². The largest absolute Gasteiger partial charge is 0.467 e. The van der Waals surface area contributed by atoms with Crippen LogP contribution < -0.4 is 0 Å². The number of hydrogen-bond donors (Lipinski definition) is 0. The van der Waals surface area contributed by atoms with Crippen molar-refractivity contribution in [2.24, 2.45) is 10.2 Å². The number of rotatable bonds is 6. The fourth-order valence-corrected chi connectivity index (χ4v) is 4.07. The summed E-state index contributed by atoms with van der Waals surface area (Å²) in [5.74, 6) is 0.523. The summed E-state index contributed by atoms with van der Waals surface area (Å²) in [7, 11) is 0. The molecule has 1 aliphatic rings. The molecule has 4 rings (SSSR count). The normalized spacial score (nSPS) is 17.2. The summed E-state index contributed by atoms with van der Waals surface area (Å²) in [6.45, 7) is 2.24. The number of hydrogen-bond acceptors (Lipinski definition) is 5. The van der Waals surface area contributed by atoms with Gasteiger partial charge in [-0.3, -0.25) is 9.69 Å². The van der Waals surface area contributed by atoms with Crippen LogP contribution in [0.15, 0.2) is 98.1 Å². The van der Waals surface area contributed by atoms with Gasteiger partial charge in [-0.05, 0) is 65.7 Å². The van der Waals surface area contributed by atoms with Crippen molar-refractivity contribution in [1.82, 2.24) is 4.90 Å². The lowest BCUT2D eigenvalue weighted by Crippen LogP contribution is -2.28. The molecule has 0 aliphatic carbocycles. The Hall–Kier alpha value is -3.35. The molecule has 0 unspecified atom stereocenters. The highest BCUT2D eigenvalue weighted by atomic mass is 35.5. The van der Waals surface area contributed by atoms with Crippen molar-refractivity contribution in [3.05, 3.63) is 105 Å². The summed E-state index contributed by atoms with van der Waals surface area (Å²) in [6, 6.07) is 20.9. The molecule has 160 valence electrons. The zero-order valence-corrected chi connectivity index (χ0v) is 18.9. The van der Waals surface area contributed by atoms with Gasteiger partial charge in [-0.2, -0.15) is 5.10 Å². The van der Waals surface area contributed by atoms with Crippen molar-refractivity contribution in [1.29, 1.82) is 0 Å². The molecule has 0 bridgehead atoms. The number of allylic oxidation sites excluding steroid dienone is 1. The maximum Gasteiger partial charge on any atom is 0.267 e. The van der Waals surface area contributed by atoms with Crippen LogP contribution in [0, 0.1) is 0 Å². The van der Waals surface area contributed by atoms with Gasteiger partial charge < -0.3 is 4.42 Å². The molecular weight excluding hydrogens is 442 g/mol. The van der Waals surface area contributed by atoms with E-state index >= 15 is 0 Å². The first-order chi connectivity index (χ1) is 15.6. The Morgan fingerprint density at radius 3 is 2.56 bits per heavy atom. The van der Waals surface area contributed by atoms with Crippen molar-refractivity contribution in [2.75, 3.05) is 0 Å². The summed E-state index contributed by atoms with van der Waals surface area (Å²) in [6.07, 6.45) is 7.10. The van der Waals surface area contributed by atoms with Crippen molar-refractivity contribution in [3.8, 4) is 0 Å². The lowest BCUT2D eigenvalue weighted by Gasteiger charge is -2.12. The van der Waals surface area contributed by atoms with Crippen molar-refractivity contribution < 1.29 is 9.21 Å². The van der Waals surface area contributed by atoms with Gasteiger partial charge in [0.15, 0.2) is 5.17 Å². The highest BCUT2D eigenvalue weighted by Crippen LogP contribution is 2.34. The van der Waals surface area contributed by atoms with Crippen LogP contribution in [-0.4, -0.2) is 22.2 Å².